The number of carbonyl (C=O) groups is 1. The Labute approximate surface area is 244 Å². The molecule has 0 N–H and O–H groups in total. The molecule has 3 heterocycles. The van der Waals surface area contributed by atoms with Gasteiger partial charge in [-0.2, -0.15) is 0 Å². The maximum atomic E-state index is 13.2. The van der Waals surface area contributed by atoms with Crippen molar-refractivity contribution in [3.63, 3.8) is 0 Å². The number of rotatable bonds is 6. The Morgan fingerprint density at radius 3 is 2.24 bits per heavy atom. The van der Waals surface area contributed by atoms with Gasteiger partial charge < -0.3 is 14.4 Å². The van der Waals surface area contributed by atoms with Crippen molar-refractivity contribution in [3.8, 4) is 22.4 Å². The van der Waals surface area contributed by atoms with E-state index in [-0.39, 0.29) is 5.41 Å². The zero-order valence-electron chi connectivity index (χ0n) is 25.7. The van der Waals surface area contributed by atoms with E-state index in [2.05, 4.69) is 90.9 Å². The number of aryl methyl sites for hydroxylation is 2. The van der Waals surface area contributed by atoms with E-state index in [4.69, 9.17) is 14.5 Å². The molecule has 0 radical (unpaired) electrons. The number of piperidine rings is 1. The van der Waals surface area contributed by atoms with Gasteiger partial charge in [0, 0.05) is 30.4 Å². The van der Waals surface area contributed by atoms with Gasteiger partial charge in [-0.1, -0.05) is 61.9 Å². The van der Waals surface area contributed by atoms with Crippen molar-refractivity contribution in [1.29, 1.82) is 0 Å². The highest BCUT2D eigenvalue weighted by molar-refractivity contribution is 5.81. The Hall–Kier alpha value is -3.64. The summed E-state index contributed by atoms with van der Waals surface area (Å²) in [6.45, 7) is 16.5. The van der Waals surface area contributed by atoms with Gasteiger partial charge in [-0.05, 0) is 81.7 Å². The Bertz CT molecular complexity index is 1550. The van der Waals surface area contributed by atoms with Crippen LogP contribution in [0.5, 0.6) is 0 Å². The summed E-state index contributed by atoms with van der Waals surface area (Å²) in [5.74, 6) is 0.565. The number of fused-ring (bicyclic) bond motifs is 1. The molecule has 1 atom stereocenters. The number of pyridine rings is 1. The zero-order valence-corrected chi connectivity index (χ0v) is 25.7. The van der Waals surface area contributed by atoms with E-state index in [1.165, 1.54) is 18.2 Å². The van der Waals surface area contributed by atoms with Crippen LogP contribution in [0.25, 0.3) is 28.0 Å². The predicted octanol–water partition coefficient (Wildman–Crippen LogP) is 7.94. The third-order valence-corrected chi connectivity index (χ3v) is 8.08. The van der Waals surface area contributed by atoms with E-state index in [1.54, 1.807) is 0 Å². The molecule has 5 rings (SSSR count). The van der Waals surface area contributed by atoms with Crippen LogP contribution in [-0.4, -0.2) is 41.2 Å². The molecule has 0 unspecified atom stereocenters. The largest absolute Gasteiger partial charge is 0.467 e. The van der Waals surface area contributed by atoms with Gasteiger partial charge in [0.05, 0.1) is 18.4 Å². The number of aromatic nitrogens is 2. The molecule has 41 heavy (non-hydrogen) atoms. The molecule has 6 heteroatoms. The zero-order chi connectivity index (χ0) is 29.5. The lowest BCUT2D eigenvalue weighted by molar-refractivity contribution is -0.164. The van der Waals surface area contributed by atoms with Crippen LogP contribution in [0.2, 0.25) is 0 Å². The van der Waals surface area contributed by atoms with Crippen LogP contribution in [0.4, 0.5) is 5.82 Å². The van der Waals surface area contributed by atoms with Gasteiger partial charge in [0.15, 0.2) is 6.10 Å². The minimum atomic E-state index is -0.856. The standard InChI is InChI=1S/C35H43N3O3/c1-23-12-14-25(15-13-23)26-10-9-11-27(21-26)28-22-38-29(36-28)20-24(2)30(31(33(39)40-8)41-34(3,4)5)32(38)37-18-16-35(6,7)17-19-37/h9-15,20-22,31H,16-19H2,1-8H3/t31-/m0/s1. The van der Waals surface area contributed by atoms with E-state index in [0.29, 0.717) is 0 Å². The lowest BCUT2D eigenvalue weighted by atomic mass is 9.82. The molecule has 0 aliphatic carbocycles. The van der Waals surface area contributed by atoms with Crippen LogP contribution in [-0.2, 0) is 14.3 Å². The molecule has 1 aliphatic heterocycles. The molecular formula is C35H43N3O3. The number of anilines is 1. The van der Waals surface area contributed by atoms with Crippen LogP contribution < -0.4 is 4.90 Å². The number of benzene rings is 2. The first kappa shape index (κ1) is 28.9. The third kappa shape index (κ3) is 6.18. The highest BCUT2D eigenvalue weighted by Gasteiger charge is 2.36. The molecule has 1 aliphatic rings. The lowest BCUT2D eigenvalue weighted by Gasteiger charge is -2.40. The summed E-state index contributed by atoms with van der Waals surface area (Å²) >= 11 is 0. The van der Waals surface area contributed by atoms with Gasteiger partial charge in [-0.15, -0.1) is 0 Å². The summed E-state index contributed by atoms with van der Waals surface area (Å²) < 4.78 is 13.8. The second-order valence-electron chi connectivity index (χ2n) is 13.2. The Balaban J connectivity index is 1.68. The fourth-order valence-corrected chi connectivity index (χ4v) is 5.64. The smallest absolute Gasteiger partial charge is 0.339 e. The molecule has 0 spiro atoms. The van der Waals surface area contributed by atoms with Crippen LogP contribution >= 0.6 is 0 Å². The molecule has 4 aromatic rings. The first-order valence-electron chi connectivity index (χ1n) is 14.6. The second-order valence-corrected chi connectivity index (χ2v) is 13.2. The van der Waals surface area contributed by atoms with Gasteiger partial charge in [-0.3, -0.25) is 4.40 Å². The van der Waals surface area contributed by atoms with Gasteiger partial charge >= 0.3 is 5.97 Å². The van der Waals surface area contributed by atoms with Crippen LogP contribution in [0.3, 0.4) is 0 Å². The molecule has 0 saturated carbocycles. The summed E-state index contributed by atoms with van der Waals surface area (Å²) in [5, 5.41) is 0. The van der Waals surface area contributed by atoms with Crippen molar-refractivity contribution in [2.24, 2.45) is 5.41 Å². The minimum Gasteiger partial charge on any atom is -0.467 e. The number of hydrogen-bond acceptors (Lipinski definition) is 5. The Morgan fingerprint density at radius 1 is 0.951 bits per heavy atom. The third-order valence-electron chi connectivity index (χ3n) is 8.08. The summed E-state index contributed by atoms with van der Waals surface area (Å²) in [4.78, 5) is 20.7. The first-order valence-corrected chi connectivity index (χ1v) is 14.6. The summed E-state index contributed by atoms with van der Waals surface area (Å²) in [6.07, 6.45) is 3.37. The van der Waals surface area contributed by atoms with Crippen LogP contribution in [0.1, 0.15) is 70.3 Å². The average Bonchev–Trinajstić information content (AvgIpc) is 3.34. The first-order chi connectivity index (χ1) is 19.3. The maximum Gasteiger partial charge on any atom is 0.339 e. The number of esters is 1. The van der Waals surface area contributed by atoms with E-state index in [1.807, 2.05) is 27.7 Å². The van der Waals surface area contributed by atoms with Crippen molar-refractivity contribution in [2.75, 3.05) is 25.1 Å². The van der Waals surface area contributed by atoms with Crippen LogP contribution in [0.15, 0.2) is 60.8 Å². The fraction of sp³-hybridized carbons (Fsp3) is 0.429. The number of ether oxygens (including phenoxy) is 2. The Kier molecular flexibility index (Phi) is 7.73. The fourth-order valence-electron chi connectivity index (χ4n) is 5.64. The summed E-state index contributed by atoms with van der Waals surface area (Å²) in [6, 6.07) is 19.2. The van der Waals surface area contributed by atoms with Gasteiger partial charge in [0.25, 0.3) is 0 Å². The average molecular weight is 554 g/mol. The molecular weight excluding hydrogens is 510 g/mol. The van der Waals surface area contributed by atoms with E-state index >= 15 is 0 Å². The molecule has 1 saturated heterocycles. The van der Waals surface area contributed by atoms with Crippen LogP contribution in [0, 0.1) is 19.3 Å². The van der Waals surface area contributed by atoms with Crippen molar-refractivity contribution in [3.05, 3.63) is 77.5 Å². The highest BCUT2D eigenvalue weighted by atomic mass is 16.6. The van der Waals surface area contributed by atoms with Gasteiger partial charge in [0.2, 0.25) is 0 Å². The molecule has 0 amide bonds. The van der Waals surface area contributed by atoms with Crippen molar-refractivity contribution in [1.82, 2.24) is 9.38 Å². The van der Waals surface area contributed by atoms with Gasteiger partial charge in [-0.25, -0.2) is 9.78 Å². The normalized spacial score (nSPS) is 16.1. The van der Waals surface area contributed by atoms with E-state index in [0.717, 1.165) is 65.3 Å². The van der Waals surface area contributed by atoms with E-state index < -0.39 is 17.7 Å². The molecule has 2 aromatic carbocycles. The predicted molar refractivity (Wildman–Crippen MR) is 166 cm³/mol. The van der Waals surface area contributed by atoms with Crippen molar-refractivity contribution >= 4 is 17.4 Å². The van der Waals surface area contributed by atoms with E-state index in [9.17, 15) is 4.79 Å². The number of hydrogen-bond donors (Lipinski definition) is 0. The molecule has 1 fully saturated rings. The Morgan fingerprint density at radius 2 is 1.61 bits per heavy atom. The number of carbonyl (C=O) groups excluding carboxylic acids is 1. The molecule has 2 aromatic heterocycles. The molecule has 216 valence electrons. The molecule has 6 nitrogen and oxygen atoms in total. The highest BCUT2D eigenvalue weighted by Crippen LogP contribution is 2.40. The quantitative estimate of drug-likeness (QED) is 0.227. The maximum absolute atomic E-state index is 13.2. The summed E-state index contributed by atoms with van der Waals surface area (Å²) in [5.41, 5.74) is 7.89. The SMILES string of the molecule is COC(=O)[C@@H](OC(C)(C)C)c1c(C)cc2nc(-c3cccc(-c4ccc(C)cc4)c3)cn2c1N1CCC(C)(C)CC1. The van der Waals surface area contributed by atoms with Crippen molar-refractivity contribution in [2.45, 2.75) is 73.0 Å². The number of nitrogens with zero attached hydrogens (tertiary/aromatic N) is 3. The lowest BCUT2D eigenvalue weighted by Crippen LogP contribution is -2.40. The topological polar surface area (TPSA) is 56.1 Å². The molecule has 0 bridgehead atoms. The number of methoxy groups -OCH3 is 1. The second kappa shape index (κ2) is 11.0. The number of imidazole rings is 1. The van der Waals surface area contributed by atoms with Gasteiger partial charge in [0.1, 0.15) is 11.5 Å². The van der Waals surface area contributed by atoms with Crippen molar-refractivity contribution < 1.29 is 14.3 Å². The summed E-state index contributed by atoms with van der Waals surface area (Å²) in [7, 11) is 1.43. The minimum absolute atomic E-state index is 0.278. The monoisotopic (exact) mass is 553 g/mol.